The van der Waals surface area contributed by atoms with Gasteiger partial charge in [-0.2, -0.15) is 8.42 Å². The molecule has 3 atom stereocenters. The van der Waals surface area contributed by atoms with Gasteiger partial charge in [0.25, 0.3) is 10.1 Å². The van der Waals surface area contributed by atoms with E-state index in [0.717, 1.165) is 23.5 Å². The lowest BCUT2D eigenvalue weighted by Gasteiger charge is -2.16. The van der Waals surface area contributed by atoms with Crippen molar-refractivity contribution in [3.63, 3.8) is 0 Å². The van der Waals surface area contributed by atoms with E-state index >= 15 is 0 Å². The molecule has 1 fully saturated rings. The summed E-state index contributed by atoms with van der Waals surface area (Å²) in [6, 6.07) is 7.77. The van der Waals surface area contributed by atoms with Crippen LogP contribution in [0.1, 0.15) is 52.4 Å². The minimum atomic E-state index is -3.86. The van der Waals surface area contributed by atoms with E-state index in [4.69, 9.17) is 14.0 Å². The first kappa shape index (κ1) is 21.5. The highest BCUT2D eigenvalue weighted by Gasteiger charge is 2.32. The van der Waals surface area contributed by atoms with Gasteiger partial charge in [0.1, 0.15) is 5.75 Å². The monoisotopic (exact) mass is 402 g/mol. The molecule has 5 nitrogen and oxygen atoms in total. The van der Waals surface area contributed by atoms with Crippen molar-refractivity contribution in [2.75, 3.05) is 11.5 Å². The molecule has 1 saturated heterocycles. The largest absolute Gasteiger partial charge is 0.465 e. The van der Waals surface area contributed by atoms with Gasteiger partial charge in [0.05, 0.1) is 11.9 Å². The van der Waals surface area contributed by atoms with Crippen LogP contribution in [0.2, 0.25) is 0 Å². The van der Waals surface area contributed by atoms with E-state index in [2.05, 4.69) is 13.8 Å². The quantitative estimate of drug-likeness (QED) is 0.327. The Balaban J connectivity index is 1.73. The fourth-order valence-corrected chi connectivity index (χ4v) is 4.61. The van der Waals surface area contributed by atoms with Crippen molar-refractivity contribution in [2.24, 2.45) is 5.92 Å². The van der Waals surface area contributed by atoms with Crippen LogP contribution >= 0.6 is 11.8 Å². The lowest BCUT2D eigenvalue weighted by atomic mass is 9.99. The van der Waals surface area contributed by atoms with Gasteiger partial charge in [-0.15, -0.1) is 11.8 Å². The molecule has 0 saturated carbocycles. The number of thioether (sulfide) groups is 1. The van der Waals surface area contributed by atoms with Gasteiger partial charge in [0.2, 0.25) is 0 Å². The standard InChI is InChI=1S/C19H30O5S2/c1-3-4-5-7-18-15(2)14-19(24-18)23-16-8-10-17(11-9-16)25-12-6-13-26(20,21)22/h8-11,15,18-19H,3-7,12-14H2,1-2H3,(H,20,21,22)/t15-,18?,19?/m1/s1. The number of unbranched alkanes of at least 4 members (excludes halogenated alkanes) is 2. The maximum atomic E-state index is 10.7. The summed E-state index contributed by atoms with van der Waals surface area (Å²) in [6.45, 7) is 4.44. The minimum absolute atomic E-state index is 0.176. The van der Waals surface area contributed by atoms with E-state index in [9.17, 15) is 8.42 Å². The Kier molecular flexibility index (Phi) is 8.73. The normalized spacial score (nSPS) is 23.3. The lowest BCUT2D eigenvalue weighted by Crippen LogP contribution is -2.17. The molecule has 2 unspecified atom stereocenters. The average Bonchev–Trinajstić information content (AvgIpc) is 2.92. The van der Waals surface area contributed by atoms with Gasteiger partial charge < -0.3 is 9.47 Å². The highest BCUT2D eigenvalue weighted by atomic mass is 32.2. The first-order valence-electron chi connectivity index (χ1n) is 9.37. The van der Waals surface area contributed by atoms with Crippen LogP contribution in [0.5, 0.6) is 5.75 Å². The maximum Gasteiger partial charge on any atom is 0.264 e. The first-order valence-corrected chi connectivity index (χ1v) is 12.0. The summed E-state index contributed by atoms with van der Waals surface area (Å²) in [6.07, 6.45) is 6.25. The highest BCUT2D eigenvalue weighted by Crippen LogP contribution is 2.32. The van der Waals surface area contributed by atoms with Gasteiger partial charge in [-0.05, 0) is 48.8 Å². The van der Waals surface area contributed by atoms with Gasteiger partial charge >= 0.3 is 0 Å². The Morgan fingerprint density at radius 3 is 2.62 bits per heavy atom. The predicted molar refractivity (Wildman–Crippen MR) is 105 cm³/mol. The van der Waals surface area contributed by atoms with Crippen LogP contribution < -0.4 is 4.74 Å². The van der Waals surface area contributed by atoms with Crippen LogP contribution in [0, 0.1) is 5.92 Å². The second-order valence-corrected chi connectivity index (χ2v) is 9.63. The summed E-state index contributed by atoms with van der Waals surface area (Å²) in [4.78, 5) is 1.05. The third kappa shape index (κ3) is 7.86. The van der Waals surface area contributed by atoms with Gasteiger partial charge in [-0.1, -0.05) is 33.1 Å². The fraction of sp³-hybridized carbons (Fsp3) is 0.684. The van der Waals surface area contributed by atoms with Gasteiger partial charge in [0.15, 0.2) is 6.29 Å². The van der Waals surface area contributed by atoms with Crippen LogP contribution in [0.25, 0.3) is 0 Å². The third-order valence-electron chi connectivity index (χ3n) is 4.52. The van der Waals surface area contributed by atoms with Gasteiger partial charge in [0, 0.05) is 11.3 Å². The third-order valence-corrected chi connectivity index (χ3v) is 6.43. The zero-order valence-electron chi connectivity index (χ0n) is 15.6. The Hall–Kier alpha value is -0.760. The molecule has 0 amide bonds. The molecule has 1 aromatic rings. The number of rotatable bonds is 11. The van der Waals surface area contributed by atoms with E-state index in [-0.39, 0.29) is 12.0 Å². The highest BCUT2D eigenvalue weighted by molar-refractivity contribution is 7.99. The number of ether oxygens (including phenoxy) is 2. The smallest absolute Gasteiger partial charge is 0.264 e. The molecule has 0 aliphatic carbocycles. The van der Waals surface area contributed by atoms with Crippen LogP contribution in [-0.4, -0.2) is 36.9 Å². The van der Waals surface area contributed by atoms with E-state index < -0.39 is 10.1 Å². The van der Waals surface area contributed by atoms with Crippen molar-refractivity contribution in [3.8, 4) is 5.75 Å². The predicted octanol–water partition coefficient (Wildman–Crippen LogP) is 4.77. The molecule has 7 heteroatoms. The topological polar surface area (TPSA) is 72.8 Å². The lowest BCUT2D eigenvalue weighted by molar-refractivity contribution is -0.0771. The molecule has 0 aromatic heterocycles. The van der Waals surface area contributed by atoms with E-state index in [1.54, 1.807) is 11.8 Å². The molecule has 1 aliphatic heterocycles. The first-order chi connectivity index (χ1) is 12.4. The van der Waals surface area contributed by atoms with E-state index in [0.29, 0.717) is 24.2 Å². The molecular weight excluding hydrogens is 372 g/mol. The van der Waals surface area contributed by atoms with Crippen LogP contribution in [0.4, 0.5) is 0 Å². The molecule has 26 heavy (non-hydrogen) atoms. The maximum absolute atomic E-state index is 10.7. The van der Waals surface area contributed by atoms with E-state index in [1.807, 2.05) is 24.3 Å². The zero-order chi connectivity index (χ0) is 19.0. The van der Waals surface area contributed by atoms with Crippen molar-refractivity contribution in [3.05, 3.63) is 24.3 Å². The molecule has 1 aliphatic rings. The summed E-state index contributed by atoms with van der Waals surface area (Å²) in [5.74, 6) is 1.76. The molecule has 0 bridgehead atoms. The molecule has 148 valence electrons. The molecule has 0 radical (unpaired) electrons. The van der Waals surface area contributed by atoms with Crippen molar-refractivity contribution in [1.29, 1.82) is 0 Å². The summed E-state index contributed by atoms with van der Waals surface area (Å²) in [5.41, 5.74) is 0. The minimum Gasteiger partial charge on any atom is -0.465 e. The number of benzene rings is 1. The van der Waals surface area contributed by atoms with Crippen LogP contribution in [0.15, 0.2) is 29.2 Å². The van der Waals surface area contributed by atoms with Gasteiger partial charge in [-0.25, -0.2) is 0 Å². The van der Waals surface area contributed by atoms with Crippen molar-refractivity contribution < 1.29 is 22.4 Å². The molecule has 2 rings (SSSR count). The molecule has 1 N–H and O–H groups in total. The van der Waals surface area contributed by atoms with E-state index in [1.165, 1.54) is 19.3 Å². The Labute approximate surface area is 161 Å². The van der Waals surface area contributed by atoms with Crippen molar-refractivity contribution >= 4 is 21.9 Å². The average molecular weight is 403 g/mol. The molecule has 1 heterocycles. The van der Waals surface area contributed by atoms with Crippen molar-refractivity contribution in [1.82, 2.24) is 0 Å². The Morgan fingerprint density at radius 1 is 1.23 bits per heavy atom. The van der Waals surface area contributed by atoms with Gasteiger partial charge in [-0.3, -0.25) is 4.55 Å². The van der Waals surface area contributed by atoms with Crippen LogP contribution in [-0.2, 0) is 14.9 Å². The SMILES string of the molecule is CCCCCC1OC(Oc2ccc(SCCCS(=O)(=O)O)cc2)C[C@H]1C. The van der Waals surface area contributed by atoms with Crippen molar-refractivity contribution in [2.45, 2.75) is 69.7 Å². The zero-order valence-corrected chi connectivity index (χ0v) is 17.2. The van der Waals surface area contributed by atoms with Crippen LogP contribution in [0.3, 0.4) is 0 Å². The number of hydrogen-bond acceptors (Lipinski definition) is 5. The number of hydrogen-bond donors (Lipinski definition) is 1. The summed E-state index contributed by atoms with van der Waals surface area (Å²) < 4.78 is 42.1. The Morgan fingerprint density at radius 2 is 1.96 bits per heavy atom. The fourth-order valence-electron chi connectivity index (χ4n) is 3.06. The molecular formula is C19H30O5S2. The summed E-state index contributed by atoms with van der Waals surface area (Å²) >= 11 is 1.56. The molecule has 1 aromatic carbocycles. The second kappa shape index (κ2) is 10.5. The Bertz CT molecular complexity index is 630. The summed E-state index contributed by atoms with van der Waals surface area (Å²) in [5, 5.41) is 0. The summed E-state index contributed by atoms with van der Waals surface area (Å²) in [7, 11) is -3.86. The second-order valence-electron chi connectivity index (χ2n) is 6.89. The molecule has 0 spiro atoms.